The summed E-state index contributed by atoms with van der Waals surface area (Å²) < 4.78 is 0. The van der Waals surface area contributed by atoms with Crippen LogP contribution in [-0.2, 0) is 19.2 Å². The van der Waals surface area contributed by atoms with Crippen LogP contribution >= 0.6 is 0 Å². The molecule has 0 aliphatic carbocycles. The van der Waals surface area contributed by atoms with Gasteiger partial charge in [0.15, 0.2) is 0 Å². The molecular weight excluding hydrogens is 332 g/mol. The number of amides is 3. The van der Waals surface area contributed by atoms with Gasteiger partial charge in [0, 0.05) is 0 Å². The number of hydrogen-bond donors (Lipinski definition) is 6. The Morgan fingerprint density at radius 3 is 1.92 bits per heavy atom. The van der Waals surface area contributed by atoms with Gasteiger partial charge in [0.2, 0.25) is 17.7 Å². The number of aliphatic hydroxyl groups is 1. The van der Waals surface area contributed by atoms with Crippen LogP contribution in [0.15, 0.2) is 0 Å². The zero-order valence-corrected chi connectivity index (χ0v) is 14.9. The van der Waals surface area contributed by atoms with Gasteiger partial charge in [0.05, 0.1) is 12.6 Å². The van der Waals surface area contributed by atoms with Crippen LogP contribution in [0.5, 0.6) is 0 Å². The lowest BCUT2D eigenvalue weighted by Gasteiger charge is -2.26. The van der Waals surface area contributed by atoms with E-state index >= 15 is 0 Å². The van der Waals surface area contributed by atoms with Crippen LogP contribution in [-0.4, -0.2) is 64.7 Å². The molecule has 0 heterocycles. The van der Waals surface area contributed by atoms with Crippen LogP contribution in [0, 0.1) is 5.92 Å². The Bertz CT molecular complexity index is 494. The highest BCUT2D eigenvalue weighted by Crippen LogP contribution is 2.06. The number of carbonyl (C=O) groups is 4. The third kappa shape index (κ3) is 8.45. The van der Waals surface area contributed by atoms with Gasteiger partial charge in [-0.15, -0.1) is 0 Å². The minimum atomic E-state index is -1.36. The van der Waals surface area contributed by atoms with Crippen LogP contribution in [0.2, 0.25) is 0 Å². The Morgan fingerprint density at radius 2 is 1.52 bits per heavy atom. The van der Waals surface area contributed by atoms with E-state index < -0.39 is 47.9 Å². The van der Waals surface area contributed by atoms with E-state index in [1.165, 1.54) is 13.8 Å². The fourth-order valence-corrected chi connectivity index (χ4v) is 1.98. The number of aliphatic hydroxyl groups excluding tert-OH is 1. The SMILES string of the molecule is CC(C)CC(NC(=O)CN)C(=O)NC(C(=O)NC(C)C(=O)O)C(C)O. The molecule has 0 aliphatic rings. The number of rotatable bonds is 10. The van der Waals surface area contributed by atoms with Crippen molar-refractivity contribution in [3.63, 3.8) is 0 Å². The second-order valence-corrected chi connectivity index (χ2v) is 6.25. The first-order chi connectivity index (χ1) is 11.5. The molecule has 0 radical (unpaired) electrons. The molecule has 4 unspecified atom stereocenters. The fourth-order valence-electron chi connectivity index (χ4n) is 1.98. The lowest BCUT2D eigenvalue weighted by atomic mass is 10.0. The molecule has 0 rings (SSSR count). The Kier molecular flexibility index (Phi) is 9.69. The zero-order valence-electron chi connectivity index (χ0n) is 14.9. The summed E-state index contributed by atoms with van der Waals surface area (Å²) in [6.07, 6.45) is -0.966. The standard InChI is InChI=1S/C15H28N4O6/c1-7(2)5-10(18-11(21)6-16)13(22)19-12(9(4)20)14(23)17-8(3)15(24)25/h7-10,12,20H,5-6,16H2,1-4H3,(H,17,23)(H,18,21)(H,19,22)(H,24,25). The predicted molar refractivity (Wildman–Crippen MR) is 89.3 cm³/mol. The maximum atomic E-state index is 12.4. The minimum absolute atomic E-state index is 0.0692. The Balaban J connectivity index is 5.11. The molecule has 7 N–H and O–H groups in total. The highest BCUT2D eigenvalue weighted by molar-refractivity contribution is 5.93. The number of carboxylic acid groups (broad SMARTS) is 1. The highest BCUT2D eigenvalue weighted by atomic mass is 16.4. The van der Waals surface area contributed by atoms with Crippen molar-refractivity contribution in [1.29, 1.82) is 0 Å². The molecule has 10 heteroatoms. The molecule has 3 amide bonds. The van der Waals surface area contributed by atoms with Gasteiger partial charge in [-0.25, -0.2) is 0 Å². The molecule has 0 aromatic rings. The van der Waals surface area contributed by atoms with Crippen molar-refractivity contribution in [3.8, 4) is 0 Å². The van der Waals surface area contributed by atoms with Crippen molar-refractivity contribution in [1.82, 2.24) is 16.0 Å². The van der Waals surface area contributed by atoms with Gasteiger partial charge in [-0.3, -0.25) is 19.2 Å². The van der Waals surface area contributed by atoms with Crippen LogP contribution in [0.3, 0.4) is 0 Å². The number of carbonyl (C=O) groups excluding carboxylic acids is 3. The average molecular weight is 360 g/mol. The summed E-state index contributed by atoms with van der Waals surface area (Å²) in [7, 11) is 0. The zero-order chi connectivity index (χ0) is 19.7. The molecule has 0 aromatic carbocycles. The van der Waals surface area contributed by atoms with Crippen molar-refractivity contribution < 1.29 is 29.4 Å². The molecule has 25 heavy (non-hydrogen) atoms. The van der Waals surface area contributed by atoms with Crippen LogP contribution in [0.25, 0.3) is 0 Å². The van der Waals surface area contributed by atoms with Crippen molar-refractivity contribution in [2.24, 2.45) is 11.7 Å². The summed E-state index contributed by atoms with van der Waals surface area (Å²) in [5.41, 5.74) is 5.23. The lowest BCUT2D eigenvalue weighted by molar-refractivity contribution is -0.142. The predicted octanol–water partition coefficient (Wildman–Crippen LogP) is -2.07. The van der Waals surface area contributed by atoms with E-state index in [2.05, 4.69) is 16.0 Å². The van der Waals surface area contributed by atoms with Gasteiger partial charge in [0.25, 0.3) is 0 Å². The largest absolute Gasteiger partial charge is 0.480 e. The van der Waals surface area contributed by atoms with Crippen molar-refractivity contribution in [2.75, 3.05) is 6.54 Å². The summed E-state index contributed by atoms with van der Waals surface area (Å²) >= 11 is 0. The third-order valence-corrected chi connectivity index (χ3v) is 3.34. The smallest absolute Gasteiger partial charge is 0.325 e. The molecule has 0 bridgehead atoms. The van der Waals surface area contributed by atoms with Crippen LogP contribution in [0.4, 0.5) is 0 Å². The van der Waals surface area contributed by atoms with Crippen molar-refractivity contribution in [3.05, 3.63) is 0 Å². The van der Waals surface area contributed by atoms with Gasteiger partial charge < -0.3 is 31.9 Å². The summed E-state index contributed by atoms with van der Waals surface area (Å²) in [6.45, 7) is 5.94. The molecule has 0 aliphatic heterocycles. The summed E-state index contributed by atoms with van der Waals surface area (Å²) in [5, 5.41) is 25.5. The van der Waals surface area contributed by atoms with Gasteiger partial charge in [0.1, 0.15) is 18.1 Å². The van der Waals surface area contributed by atoms with E-state index in [0.29, 0.717) is 6.42 Å². The molecule has 0 spiro atoms. The Hall–Kier alpha value is -2.20. The number of nitrogens with two attached hydrogens (primary N) is 1. The molecule has 144 valence electrons. The molecule has 10 nitrogen and oxygen atoms in total. The van der Waals surface area contributed by atoms with E-state index in [9.17, 15) is 24.3 Å². The molecule has 0 fully saturated rings. The van der Waals surface area contributed by atoms with Gasteiger partial charge in [-0.1, -0.05) is 13.8 Å². The topological polar surface area (TPSA) is 171 Å². The number of nitrogens with one attached hydrogen (secondary N) is 3. The maximum Gasteiger partial charge on any atom is 0.325 e. The third-order valence-electron chi connectivity index (χ3n) is 3.34. The average Bonchev–Trinajstić information content (AvgIpc) is 2.50. The van der Waals surface area contributed by atoms with Gasteiger partial charge in [-0.05, 0) is 26.2 Å². The molecular formula is C15H28N4O6. The second kappa shape index (κ2) is 10.6. The van der Waals surface area contributed by atoms with Crippen molar-refractivity contribution >= 4 is 23.7 Å². The maximum absolute atomic E-state index is 12.4. The fraction of sp³-hybridized carbons (Fsp3) is 0.733. The Morgan fingerprint density at radius 1 is 0.960 bits per heavy atom. The van der Waals surface area contributed by atoms with Gasteiger partial charge in [-0.2, -0.15) is 0 Å². The first kappa shape index (κ1) is 22.8. The first-order valence-corrected chi connectivity index (χ1v) is 8.00. The van der Waals surface area contributed by atoms with E-state index in [1.807, 2.05) is 13.8 Å². The Labute approximate surface area is 146 Å². The van der Waals surface area contributed by atoms with Crippen LogP contribution < -0.4 is 21.7 Å². The first-order valence-electron chi connectivity index (χ1n) is 8.00. The van der Waals surface area contributed by atoms with E-state index in [4.69, 9.17) is 10.8 Å². The lowest BCUT2D eigenvalue weighted by Crippen LogP contribution is -2.59. The van der Waals surface area contributed by atoms with Crippen LogP contribution in [0.1, 0.15) is 34.1 Å². The van der Waals surface area contributed by atoms with Crippen molar-refractivity contribution in [2.45, 2.75) is 58.3 Å². The summed E-state index contributed by atoms with van der Waals surface area (Å²) in [4.78, 5) is 46.8. The van der Waals surface area contributed by atoms with Gasteiger partial charge >= 0.3 is 5.97 Å². The van der Waals surface area contributed by atoms with E-state index in [0.717, 1.165) is 0 Å². The monoisotopic (exact) mass is 360 g/mol. The quantitative estimate of drug-likeness (QED) is 0.260. The molecule has 0 saturated carbocycles. The highest BCUT2D eigenvalue weighted by Gasteiger charge is 2.31. The second-order valence-electron chi connectivity index (χ2n) is 6.25. The number of hydrogen-bond acceptors (Lipinski definition) is 6. The normalized spacial score (nSPS) is 15.6. The molecule has 4 atom stereocenters. The minimum Gasteiger partial charge on any atom is -0.480 e. The number of carboxylic acids is 1. The molecule has 0 saturated heterocycles. The number of aliphatic carboxylic acids is 1. The summed E-state index contributed by atoms with van der Waals surface area (Å²) in [5.74, 6) is -3.22. The molecule has 0 aromatic heterocycles. The van der Waals surface area contributed by atoms with E-state index in [1.54, 1.807) is 0 Å². The summed E-state index contributed by atoms with van der Waals surface area (Å²) in [6, 6.07) is -3.48. The van der Waals surface area contributed by atoms with E-state index in [-0.39, 0.29) is 12.5 Å².